The molecule has 2 atom stereocenters. The van der Waals surface area contributed by atoms with Crippen LogP contribution in [0, 0.1) is 6.92 Å². The molecule has 7 heteroatoms. The van der Waals surface area contributed by atoms with E-state index in [1.165, 1.54) is 0 Å². The van der Waals surface area contributed by atoms with Gasteiger partial charge >= 0.3 is 0 Å². The first kappa shape index (κ1) is 15.8. The minimum absolute atomic E-state index is 0.122. The smallest absolute Gasteiger partial charge is 0.253 e. The Hall–Kier alpha value is -2.67. The van der Waals surface area contributed by atoms with Gasteiger partial charge in [0, 0.05) is 32.5 Å². The predicted octanol–water partition coefficient (Wildman–Crippen LogP) is 2.61. The van der Waals surface area contributed by atoms with Crippen LogP contribution in [0.4, 0.5) is 0 Å². The first-order valence-corrected chi connectivity index (χ1v) is 8.47. The van der Waals surface area contributed by atoms with Gasteiger partial charge in [-0.25, -0.2) is 9.97 Å². The van der Waals surface area contributed by atoms with Crippen LogP contribution in [0.15, 0.2) is 35.0 Å². The topological polar surface area (TPSA) is 82.2 Å². The number of para-hydroxylation sites is 1. The Morgan fingerprint density at radius 3 is 3.16 bits per heavy atom. The van der Waals surface area contributed by atoms with Gasteiger partial charge in [-0.3, -0.25) is 4.79 Å². The van der Waals surface area contributed by atoms with Crippen molar-refractivity contribution in [3.63, 3.8) is 0 Å². The highest BCUT2D eigenvalue weighted by Gasteiger charge is 2.34. The molecule has 1 amide bonds. The van der Waals surface area contributed by atoms with Crippen LogP contribution in [0.3, 0.4) is 0 Å². The molecule has 1 aliphatic rings. The van der Waals surface area contributed by atoms with E-state index < -0.39 is 0 Å². The number of nitrogens with one attached hydrogen (secondary N) is 1. The van der Waals surface area contributed by atoms with Crippen LogP contribution in [0.2, 0.25) is 0 Å². The number of imidazole rings is 1. The van der Waals surface area contributed by atoms with E-state index in [1.54, 1.807) is 25.3 Å². The number of aromatic nitrogens is 3. The van der Waals surface area contributed by atoms with Crippen molar-refractivity contribution in [1.29, 1.82) is 0 Å². The average Bonchev–Trinajstić information content (AvgIpc) is 3.31. The van der Waals surface area contributed by atoms with Gasteiger partial charge in [0.1, 0.15) is 17.4 Å². The molecule has 1 aromatic carbocycles. The second-order valence-electron chi connectivity index (χ2n) is 6.12. The van der Waals surface area contributed by atoms with Crippen LogP contribution in [0.5, 0.6) is 0 Å². The third-order valence-electron chi connectivity index (χ3n) is 4.52. The van der Waals surface area contributed by atoms with Crippen molar-refractivity contribution >= 4 is 17.0 Å². The Morgan fingerprint density at radius 2 is 2.32 bits per heavy atom. The summed E-state index contributed by atoms with van der Waals surface area (Å²) in [6, 6.07) is 5.25. The predicted molar refractivity (Wildman–Crippen MR) is 91.2 cm³/mol. The minimum atomic E-state index is -0.239. The SMILES string of the molecule is CCn1ccnc1[C@H]1OCC[C@@H]1NC(=O)c1cccc2oc(C)nc12. The number of benzene rings is 1. The summed E-state index contributed by atoms with van der Waals surface area (Å²) in [6.45, 7) is 5.24. The average molecular weight is 340 g/mol. The van der Waals surface area contributed by atoms with E-state index in [4.69, 9.17) is 9.15 Å². The fourth-order valence-electron chi connectivity index (χ4n) is 3.33. The molecular formula is C18H20N4O3. The highest BCUT2D eigenvalue weighted by Crippen LogP contribution is 2.29. The molecule has 0 saturated carbocycles. The largest absolute Gasteiger partial charge is 0.441 e. The molecule has 0 spiro atoms. The van der Waals surface area contributed by atoms with Crippen molar-refractivity contribution in [2.75, 3.05) is 6.61 Å². The Bertz CT molecular complexity index is 914. The van der Waals surface area contributed by atoms with E-state index in [2.05, 4.69) is 22.2 Å². The number of fused-ring (bicyclic) bond motifs is 1. The lowest BCUT2D eigenvalue weighted by Gasteiger charge is -2.20. The summed E-state index contributed by atoms with van der Waals surface area (Å²) in [7, 11) is 0. The molecule has 1 aliphatic heterocycles. The number of hydrogen-bond donors (Lipinski definition) is 1. The number of hydrogen-bond acceptors (Lipinski definition) is 5. The van der Waals surface area contributed by atoms with E-state index >= 15 is 0 Å². The van der Waals surface area contributed by atoms with E-state index in [0.29, 0.717) is 29.2 Å². The van der Waals surface area contributed by atoms with Crippen LogP contribution in [0.1, 0.15) is 41.5 Å². The molecule has 130 valence electrons. The number of rotatable bonds is 4. The second-order valence-corrected chi connectivity index (χ2v) is 6.12. The van der Waals surface area contributed by atoms with Gasteiger partial charge in [-0.2, -0.15) is 0 Å². The standard InChI is InChI=1S/C18H20N4O3/c1-3-22-9-8-19-17(22)16-13(7-10-24-16)21-18(23)12-5-4-6-14-15(12)20-11(2)25-14/h4-6,8-9,13,16H,3,7,10H2,1-2H3,(H,21,23)/t13-,16-/m0/s1. The number of amides is 1. The number of aryl methyl sites for hydroxylation is 2. The molecule has 1 N–H and O–H groups in total. The molecule has 0 unspecified atom stereocenters. The first-order valence-electron chi connectivity index (χ1n) is 8.47. The van der Waals surface area contributed by atoms with E-state index in [1.807, 2.05) is 16.8 Å². The van der Waals surface area contributed by atoms with Crippen LogP contribution >= 0.6 is 0 Å². The van der Waals surface area contributed by atoms with E-state index in [9.17, 15) is 4.79 Å². The third kappa shape index (κ3) is 2.80. The summed E-state index contributed by atoms with van der Waals surface area (Å²) in [6.07, 6.45) is 4.20. The van der Waals surface area contributed by atoms with E-state index in [-0.39, 0.29) is 18.1 Å². The third-order valence-corrected chi connectivity index (χ3v) is 4.52. The lowest BCUT2D eigenvalue weighted by molar-refractivity contribution is 0.0776. The van der Waals surface area contributed by atoms with Crippen molar-refractivity contribution < 1.29 is 13.9 Å². The molecule has 0 aliphatic carbocycles. The Labute approximate surface area is 145 Å². The maximum Gasteiger partial charge on any atom is 0.253 e. The van der Waals surface area contributed by atoms with Crippen LogP contribution in [0.25, 0.3) is 11.1 Å². The van der Waals surface area contributed by atoms with Gasteiger partial charge in [-0.05, 0) is 25.5 Å². The lowest BCUT2D eigenvalue weighted by atomic mass is 10.1. The molecule has 0 bridgehead atoms. The number of oxazole rings is 1. The summed E-state index contributed by atoms with van der Waals surface area (Å²) in [4.78, 5) is 21.6. The Morgan fingerprint density at radius 1 is 1.44 bits per heavy atom. The Balaban J connectivity index is 1.59. The quantitative estimate of drug-likeness (QED) is 0.789. The number of carbonyl (C=O) groups excluding carboxylic acids is 1. The fraction of sp³-hybridized carbons (Fsp3) is 0.389. The van der Waals surface area contributed by atoms with Crippen molar-refractivity contribution in [2.24, 2.45) is 0 Å². The minimum Gasteiger partial charge on any atom is -0.441 e. The molecule has 7 nitrogen and oxygen atoms in total. The molecule has 4 rings (SSSR count). The summed E-state index contributed by atoms with van der Waals surface area (Å²) in [5.74, 6) is 1.22. The number of nitrogens with zero attached hydrogens (tertiary/aromatic N) is 3. The summed E-state index contributed by atoms with van der Waals surface area (Å²) in [5.41, 5.74) is 1.72. The molecule has 25 heavy (non-hydrogen) atoms. The molecule has 1 saturated heterocycles. The zero-order valence-electron chi connectivity index (χ0n) is 14.2. The molecule has 0 radical (unpaired) electrons. The normalized spacial score (nSPS) is 20.2. The van der Waals surface area contributed by atoms with Crippen molar-refractivity contribution in [2.45, 2.75) is 39.0 Å². The van der Waals surface area contributed by atoms with Crippen LogP contribution in [-0.4, -0.2) is 33.1 Å². The summed E-state index contributed by atoms with van der Waals surface area (Å²) in [5, 5.41) is 3.09. The van der Waals surface area contributed by atoms with E-state index in [0.717, 1.165) is 18.8 Å². The Kier molecular flexibility index (Phi) is 4.01. The maximum absolute atomic E-state index is 12.8. The van der Waals surface area contributed by atoms with Gasteiger partial charge in [0.2, 0.25) is 0 Å². The fourth-order valence-corrected chi connectivity index (χ4v) is 3.33. The highest BCUT2D eigenvalue weighted by molar-refractivity contribution is 6.04. The molecular weight excluding hydrogens is 320 g/mol. The van der Waals surface area contributed by atoms with Gasteiger partial charge in [-0.15, -0.1) is 0 Å². The van der Waals surface area contributed by atoms with Crippen molar-refractivity contribution in [3.05, 3.63) is 47.9 Å². The van der Waals surface area contributed by atoms with Crippen molar-refractivity contribution in [3.8, 4) is 0 Å². The molecule has 3 heterocycles. The van der Waals surface area contributed by atoms with Gasteiger partial charge in [0.15, 0.2) is 11.5 Å². The number of ether oxygens (including phenoxy) is 1. The first-order chi connectivity index (χ1) is 12.2. The van der Waals surface area contributed by atoms with Crippen LogP contribution < -0.4 is 5.32 Å². The van der Waals surface area contributed by atoms with Gasteiger partial charge in [0.25, 0.3) is 5.91 Å². The van der Waals surface area contributed by atoms with Gasteiger partial charge in [-0.1, -0.05) is 6.07 Å². The number of carbonyl (C=O) groups is 1. The zero-order chi connectivity index (χ0) is 17.4. The zero-order valence-corrected chi connectivity index (χ0v) is 14.2. The lowest BCUT2D eigenvalue weighted by Crippen LogP contribution is -2.37. The van der Waals surface area contributed by atoms with Crippen molar-refractivity contribution in [1.82, 2.24) is 19.9 Å². The summed E-state index contributed by atoms with van der Waals surface area (Å²) >= 11 is 0. The monoisotopic (exact) mass is 340 g/mol. The molecule has 3 aromatic rings. The molecule has 2 aromatic heterocycles. The molecule has 1 fully saturated rings. The summed E-state index contributed by atoms with van der Waals surface area (Å²) < 4.78 is 13.4. The second kappa shape index (κ2) is 6.33. The highest BCUT2D eigenvalue weighted by atomic mass is 16.5. The van der Waals surface area contributed by atoms with Gasteiger partial charge in [0.05, 0.1) is 11.6 Å². The maximum atomic E-state index is 12.8. The van der Waals surface area contributed by atoms with Crippen LogP contribution in [-0.2, 0) is 11.3 Å². The van der Waals surface area contributed by atoms with Gasteiger partial charge < -0.3 is 19.0 Å².